The van der Waals surface area contributed by atoms with Crippen molar-refractivity contribution < 1.29 is 19.1 Å². The molecule has 0 unspecified atom stereocenters. The Bertz CT molecular complexity index is 620. The van der Waals surface area contributed by atoms with Gasteiger partial charge in [-0.05, 0) is 12.1 Å². The van der Waals surface area contributed by atoms with E-state index in [1.54, 1.807) is 12.3 Å². The van der Waals surface area contributed by atoms with Gasteiger partial charge in [0, 0.05) is 24.8 Å². The number of aromatic nitrogens is 2. The number of pyridine rings is 1. The summed E-state index contributed by atoms with van der Waals surface area (Å²) >= 11 is 0. The van der Waals surface area contributed by atoms with Crippen LogP contribution in [0.4, 0.5) is 5.82 Å². The first-order valence-corrected chi connectivity index (χ1v) is 6.22. The number of anilines is 1. The molecule has 104 valence electrons. The van der Waals surface area contributed by atoms with E-state index < -0.39 is 5.97 Å². The van der Waals surface area contributed by atoms with Crippen molar-refractivity contribution in [1.82, 2.24) is 9.97 Å². The van der Waals surface area contributed by atoms with Crippen LogP contribution >= 0.6 is 0 Å². The molecule has 0 spiro atoms. The predicted octanol–water partition coefficient (Wildman–Crippen LogP) is 1.27. The Balaban J connectivity index is 1.87. The van der Waals surface area contributed by atoms with Crippen molar-refractivity contribution in [3.8, 4) is 11.5 Å². The molecule has 0 aliphatic carbocycles. The third kappa shape index (κ3) is 2.48. The number of nitrogens with zero attached hydrogens (tertiary/aromatic N) is 3. The Morgan fingerprint density at radius 1 is 1.35 bits per heavy atom. The molecule has 7 heteroatoms. The molecule has 1 aliphatic heterocycles. The second-order valence-electron chi connectivity index (χ2n) is 4.35. The number of oxazole rings is 1. The average Bonchev–Trinajstić information content (AvgIpc) is 2.98. The Kier molecular flexibility index (Phi) is 3.34. The SMILES string of the molecule is O=C(O)c1coc(-c2ccnc(N3CCOCC3)c2)n1. The highest BCUT2D eigenvalue weighted by Gasteiger charge is 2.16. The number of carbonyl (C=O) groups is 1. The van der Waals surface area contributed by atoms with Gasteiger partial charge in [0.1, 0.15) is 12.1 Å². The Hall–Kier alpha value is -2.41. The summed E-state index contributed by atoms with van der Waals surface area (Å²) < 4.78 is 10.5. The van der Waals surface area contributed by atoms with Gasteiger partial charge in [-0.1, -0.05) is 0 Å². The highest BCUT2D eigenvalue weighted by atomic mass is 16.5. The lowest BCUT2D eigenvalue weighted by Gasteiger charge is -2.27. The molecule has 0 radical (unpaired) electrons. The summed E-state index contributed by atoms with van der Waals surface area (Å²) in [6, 6.07) is 3.57. The molecule has 3 rings (SSSR count). The number of hydrogen-bond acceptors (Lipinski definition) is 6. The van der Waals surface area contributed by atoms with Gasteiger partial charge in [-0.3, -0.25) is 0 Å². The van der Waals surface area contributed by atoms with Gasteiger partial charge in [0.05, 0.1) is 13.2 Å². The zero-order valence-electron chi connectivity index (χ0n) is 10.7. The molecule has 1 N–H and O–H groups in total. The molecule has 0 saturated carbocycles. The van der Waals surface area contributed by atoms with Gasteiger partial charge in [0.15, 0.2) is 5.69 Å². The predicted molar refractivity (Wildman–Crippen MR) is 69.7 cm³/mol. The highest BCUT2D eigenvalue weighted by Crippen LogP contribution is 2.23. The van der Waals surface area contributed by atoms with Gasteiger partial charge in [0.25, 0.3) is 0 Å². The molecular weight excluding hydrogens is 262 g/mol. The molecule has 2 aromatic rings. The lowest BCUT2D eigenvalue weighted by atomic mass is 10.2. The molecule has 20 heavy (non-hydrogen) atoms. The number of morpholine rings is 1. The van der Waals surface area contributed by atoms with Gasteiger partial charge in [-0.2, -0.15) is 0 Å². The Morgan fingerprint density at radius 3 is 2.85 bits per heavy atom. The molecular formula is C13H13N3O4. The molecule has 1 fully saturated rings. The molecule has 1 aliphatic rings. The van der Waals surface area contributed by atoms with E-state index in [9.17, 15) is 4.79 Å². The Morgan fingerprint density at radius 2 is 2.15 bits per heavy atom. The maximum atomic E-state index is 10.8. The first kappa shape index (κ1) is 12.6. The molecule has 3 heterocycles. The van der Waals surface area contributed by atoms with E-state index in [1.165, 1.54) is 0 Å². The normalized spacial score (nSPS) is 15.3. The van der Waals surface area contributed by atoms with Gasteiger partial charge in [-0.25, -0.2) is 14.8 Å². The van der Waals surface area contributed by atoms with Crippen LogP contribution in [0.2, 0.25) is 0 Å². The third-order valence-electron chi connectivity index (χ3n) is 3.05. The van der Waals surface area contributed by atoms with E-state index in [0.717, 1.165) is 25.2 Å². The van der Waals surface area contributed by atoms with Gasteiger partial charge >= 0.3 is 5.97 Å². The minimum Gasteiger partial charge on any atom is -0.476 e. The van der Waals surface area contributed by atoms with E-state index in [2.05, 4.69) is 14.9 Å². The van der Waals surface area contributed by atoms with Crippen LogP contribution in [0.3, 0.4) is 0 Å². The van der Waals surface area contributed by atoms with E-state index in [1.807, 2.05) is 6.07 Å². The van der Waals surface area contributed by atoms with Crippen LogP contribution in [0.1, 0.15) is 10.5 Å². The molecule has 1 saturated heterocycles. The molecule has 0 amide bonds. The summed E-state index contributed by atoms with van der Waals surface area (Å²) in [4.78, 5) is 21.2. The first-order chi connectivity index (χ1) is 9.74. The fourth-order valence-corrected chi connectivity index (χ4v) is 2.02. The zero-order valence-corrected chi connectivity index (χ0v) is 10.7. The molecule has 2 aromatic heterocycles. The first-order valence-electron chi connectivity index (χ1n) is 6.22. The fourth-order valence-electron chi connectivity index (χ4n) is 2.02. The smallest absolute Gasteiger partial charge is 0.357 e. The van der Waals surface area contributed by atoms with Crippen LogP contribution in [0.15, 0.2) is 29.0 Å². The number of carboxylic acids is 1. The summed E-state index contributed by atoms with van der Waals surface area (Å²) in [7, 11) is 0. The van der Waals surface area contributed by atoms with Crippen molar-refractivity contribution in [3.05, 3.63) is 30.3 Å². The largest absolute Gasteiger partial charge is 0.476 e. The maximum Gasteiger partial charge on any atom is 0.357 e. The topological polar surface area (TPSA) is 88.7 Å². The number of ether oxygens (including phenoxy) is 1. The van der Waals surface area contributed by atoms with Crippen LogP contribution in [-0.4, -0.2) is 47.3 Å². The monoisotopic (exact) mass is 275 g/mol. The zero-order chi connectivity index (χ0) is 13.9. The molecule has 7 nitrogen and oxygen atoms in total. The van der Waals surface area contributed by atoms with E-state index >= 15 is 0 Å². The van der Waals surface area contributed by atoms with Gasteiger partial charge in [-0.15, -0.1) is 0 Å². The van der Waals surface area contributed by atoms with Crippen LogP contribution in [0.5, 0.6) is 0 Å². The summed E-state index contributed by atoms with van der Waals surface area (Å²) in [5.74, 6) is -0.0253. The molecule has 0 atom stereocenters. The second kappa shape index (κ2) is 5.30. The van der Waals surface area contributed by atoms with Gasteiger partial charge in [0.2, 0.25) is 5.89 Å². The Labute approximate surface area is 114 Å². The fraction of sp³-hybridized carbons (Fsp3) is 0.308. The van der Waals surface area contributed by atoms with Crippen molar-refractivity contribution in [2.45, 2.75) is 0 Å². The van der Waals surface area contributed by atoms with E-state index in [-0.39, 0.29) is 11.6 Å². The third-order valence-corrected chi connectivity index (χ3v) is 3.05. The second-order valence-corrected chi connectivity index (χ2v) is 4.35. The quantitative estimate of drug-likeness (QED) is 0.902. The number of hydrogen-bond donors (Lipinski definition) is 1. The average molecular weight is 275 g/mol. The minimum atomic E-state index is -1.11. The highest BCUT2D eigenvalue weighted by molar-refractivity contribution is 5.85. The summed E-state index contributed by atoms with van der Waals surface area (Å²) in [5.41, 5.74) is 0.596. The van der Waals surface area contributed by atoms with Crippen molar-refractivity contribution in [2.75, 3.05) is 31.2 Å². The van der Waals surface area contributed by atoms with Crippen LogP contribution in [0.25, 0.3) is 11.5 Å². The number of aromatic carboxylic acids is 1. The minimum absolute atomic E-state index is 0.107. The van der Waals surface area contributed by atoms with E-state index in [0.29, 0.717) is 18.8 Å². The lowest BCUT2D eigenvalue weighted by molar-refractivity contribution is 0.0690. The van der Waals surface area contributed by atoms with Crippen LogP contribution in [-0.2, 0) is 4.74 Å². The van der Waals surface area contributed by atoms with Crippen molar-refractivity contribution in [1.29, 1.82) is 0 Å². The summed E-state index contributed by atoms with van der Waals surface area (Å²) in [6.45, 7) is 2.91. The van der Waals surface area contributed by atoms with Crippen molar-refractivity contribution in [2.24, 2.45) is 0 Å². The standard InChI is InChI=1S/C13H13N3O4/c17-13(18)10-8-20-12(15-10)9-1-2-14-11(7-9)16-3-5-19-6-4-16/h1-2,7-8H,3-6H2,(H,17,18). The summed E-state index contributed by atoms with van der Waals surface area (Å²) in [6.07, 6.45) is 2.79. The van der Waals surface area contributed by atoms with E-state index in [4.69, 9.17) is 14.3 Å². The van der Waals surface area contributed by atoms with Gasteiger partial charge < -0.3 is 19.2 Å². The lowest BCUT2D eigenvalue weighted by Crippen LogP contribution is -2.36. The molecule has 0 aromatic carbocycles. The van der Waals surface area contributed by atoms with Crippen molar-refractivity contribution >= 4 is 11.8 Å². The summed E-state index contributed by atoms with van der Waals surface area (Å²) in [5, 5.41) is 8.85. The van der Waals surface area contributed by atoms with Crippen LogP contribution in [0, 0.1) is 0 Å². The molecule has 0 bridgehead atoms. The van der Waals surface area contributed by atoms with Crippen molar-refractivity contribution in [3.63, 3.8) is 0 Å². The maximum absolute atomic E-state index is 10.8. The number of carboxylic acid groups (broad SMARTS) is 1. The van der Waals surface area contributed by atoms with Crippen LogP contribution < -0.4 is 4.90 Å². The number of rotatable bonds is 3.